The molecule has 6 heteroatoms. The Balaban J connectivity index is 1.73. The number of rotatable bonds is 9. The molecule has 1 heterocycles. The zero-order valence-corrected chi connectivity index (χ0v) is 20.8. The molecule has 156 valence electrons. The lowest BCUT2D eigenvalue weighted by molar-refractivity contribution is 0.105. The predicted octanol–water partition coefficient (Wildman–Crippen LogP) is 7.71. The normalized spacial score (nSPS) is 11.1. The molecule has 0 unspecified atom stereocenters. The molecule has 0 radical (unpaired) electrons. The number of aryl methyl sites for hydroxylation is 1. The second-order valence-corrected chi connectivity index (χ2v) is 9.55. The van der Waals surface area contributed by atoms with Gasteiger partial charge in [-0.1, -0.05) is 47.5 Å². The summed E-state index contributed by atoms with van der Waals surface area (Å²) >= 11 is 8.55. The number of carbonyl (C=O) groups excluding carboxylic acids is 1. The molecule has 0 aliphatic heterocycles. The summed E-state index contributed by atoms with van der Waals surface area (Å²) in [6.07, 6.45) is 5.48. The molecule has 0 spiro atoms. The molecule has 0 amide bonds. The number of ketones is 1. The van der Waals surface area contributed by atoms with E-state index in [1.165, 1.54) is 4.88 Å². The highest BCUT2D eigenvalue weighted by molar-refractivity contribution is 9.10. The molecule has 0 N–H and O–H groups in total. The highest BCUT2D eigenvalue weighted by Crippen LogP contribution is 2.29. The van der Waals surface area contributed by atoms with E-state index in [1.54, 1.807) is 24.5 Å². The van der Waals surface area contributed by atoms with Crippen molar-refractivity contribution >= 4 is 55.1 Å². The zero-order chi connectivity index (χ0) is 21.5. The predicted molar refractivity (Wildman–Crippen MR) is 131 cm³/mol. The third-order valence-electron chi connectivity index (χ3n) is 4.40. The fourth-order valence-corrected chi connectivity index (χ4v) is 5.19. The topological polar surface area (TPSA) is 35.5 Å². The second kappa shape index (κ2) is 10.9. The maximum atomic E-state index is 12.6. The van der Waals surface area contributed by atoms with E-state index in [9.17, 15) is 4.79 Å². The Kier molecular flexibility index (Phi) is 8.31. The number of hydrogen-bond acceptors (Lipinski definition) is 4. The van der Waals surface area contributed by atoms with Crippen LogP contribution in [0.25, 0.3) is 6.08 Å². The molecule has 0 fully saturated rings. The molecule has 0 aliphatic rings. The summed E-state index contributed by atoms with van der Waals surface area (Å²) in [6, 6.07) is 15.4. The molecule has 3 rings (SSSR count). The number of benzene rings is 2. The van der Waals surface area contributed by atoms with E-state index in [2.05, 4.69) is 38.8 Å². The van der Waals surface area contributed by atoms with Gasteiger partial charge in [-0.05, 0) is 70.4 Å². The van der Waals surface area contributed by atoms with E-state index < -0.39 is 0 Å². The number of carbonyl (C=O) groups is 1. The fourth-order valence-electron chi connectivity index (χ4n) is 2.91. The lowest BCUT2D eigenvalue weighted by Gasteiger charge is -2.11. The van der Waals surface area contributed by atoms with Crippen molar-refractivity contribution in [3.05, 3.63) is 84.4 Å². The monoisotopic (exact) mass is 548 g/mol. The van der Waals surface area contributed by atoms with E-state index in [0.717, 1.165) is 49.3 Å². The average Bonchev–Trinajstić information content (AvgIpc) is 3.11. The minimum Gasteiger partial charge on any atom is -0.496 e. The van der Waals surface area contributed by atoms with Gasteiger partial charge in [0.2, 0.25) is 0 Å². The number of halogens is 2. The van der Waals surface area contributed by atoms with Crippen molar-refractivity contribution in [2.24, 2.45) is 0 Å². The highest BCUT2D eigenvalue weighted by atomic mass is 79.9. The van der Waals surface area contributed by atoms with E-state index >= 15 is 0 Å². The molecule has 0 bridgehead atoms. The Labute approximate surface area is 198 Å². The first-order valence-electron chi connectivity index (χ1n) is 9.56. The van der Waals surface area contributed by atoms with Crippen molar-refractivity contribution < 1.29 is 14.3 Å². The molecule has 30 heavy (non-hydrogen) atoms. The average molecular weight is 550 g/mol. The molecular weight excluding hydrogens is 528 g/mol. The van der Waals surface area contributed by atoms with E-state index in [1.807, 2.05) is 54.6 Å². The summed E-state index contributed by atoms with van der Waals surface area (Å²) in [4.78, 5) is 14.5. The first kappa shape index (κ1) is 22.8. The van der Waals surface area contributed by atoms with Gasteiger partial charge in [-0.25, -0.2) is 0 Å². The number of methoxy groups -OCH3 is 1. The van der Waals surface area contributed by atoms with Crippen LogP contribution in [-0.4, -0.2) is 12.9 Å². The summed E-state index contributed by atoms with van der Waals surface area (Å²) in [5.74, 6) is 1.53. The van der Waals surface area contributed by atoms with Crippen LogP contribution in [0.15, 0.2) is 63.6 Å². The third-order valence-corrected chi connectivity index (χ3v) is 7.07. The Morgan fingerprint density at radius 2 is 1.97 bits per heavy atom. The molecular formula is C24H22Br2O3S. The van der Waals surface area contributed by atoms with Crippen molar-refractivity contribution in [1.82, 2.24) is 0 Å². The number of allylic oxidation sites excluding steroid dienone is 1. The van der Waals surface area contributed by atoms with Gasteiger partial charge in [-0.2, -0.15) is 0 Å². The third kappa shape index (κ3) is 6.06. The Bertz CT molecular complexity index is 1060. The van der Waals surface area contributed by atoms with Gasteiger partial charge in [0.05, 0.1) is 12.0 Å². The number of hydrogen-bond donors (Lipinski definition) is 0. The van der Waals surface area contributed by atoms with Crippen LogP contribution in [0, 0.1) is 0 Å². The highest BCUT2D eigenvalue weighted by Gasteiger charge is 2.11. The minimum atomic E-state index is 0.00538. The summed E-state index contributed by atoms with van der Waals surface area (Å²) in [6.45, 7) is 2.50. The molecule has 3 nitrogen and oxygen atoms in total. The van der Waals surface area contributed by atoms with E-state index in [-0.39, 0.29) is 5.78 Å². The van der Waals surface area contributed by atoms with Gasteiger partial charge in [0.1, 0.15) is 18.1 Å². The largest absolute Gasteiger partial charge is 0.496 e. The SMILES string of the molecule is CCCc1sc(C(=O)/C=C/c2ccc(OC)c(COc3cccc(Br)c3)c2)cc1Br. The first-order valence-corrected chi connectivity index (χ1v) is 12.0. The van der Waals surface area contributed by atoms with Gasteiger partial charge in [0.15, 0.2) is 5.78 Å². The maximum Gasteiger partial charge on any atom is 0.195 e. The maximum absolute atomic E-state index is 12.6. The van der Waals surface area contributed by atoms with Gasteiger partial charge in [-0.15, -0.1) is 11.3 Å². The van der Waals surface area contributed by atoms with Gasteiger partial charge in [0.25, 0.3) is 0 Å². The fraction of sp³-hybridized carbons (Fsp3) is 0.208. The smallest absolute Gasteiger partial charge is 0.195 e. The molecule has 0 saturated carbocycles. The van der Waals surface area contributed by atoms with Crippen molar-refractivity contribution in [2.75, 3.05) is 7.11 Å². The Morgan fingerprint density at radius 1 is 1.13 bits per heavy atom. The van der Waals surface area contributed by atoms with Crippen LogP contribution < -0.4 is 9.47 Å². The molecule has 3 aromatic rings. The summed E-state index contributed by atoms with van der Waals surface area (Å²) in [7, 11) is 1.64. The van der Waals surface area contributed by atoms with Crippen molar-refractivity contribution in [3.8, 4) is 11.5 Å². The van der Waals surface area contributed by atoms with Crippen LogP contribution in [-0.2, 0) is 13.0 Å². The van der Waals surface area contributed by atoms with Gasteiger partial charge in [-0.3, -0.25) is 4.79 Å². The van der Waals surface area contributed by atoms with Crippen LogP contribution in [0.1, 0.15) is 39.0 Å². The molecule has 0 saturated heterocycles. The molecule has 0 aliphatic carbocycles. The quantitative estimate of drug-likeness (QED) is 0.202. The summed E-state index contributed by atoms with van der Waals surface area (Å²) in [5, 5.41) is 0. The van der Waals surface area contributed by atoms with Crippen molar-refractivity contribution in [3.63, 3.8) is 0 Å². The molecule has 2 aromatic carbocycles. The number of ether oxygens (including phenoxy) is 2. The van der Waals surface area contributed by atoms with Crippen LogP contribution in [0.5, 0.6) is 11.5 Å². The van der Waals surface area contributed by atoms with Crippen LogP contribution in [0.4, 0.5) is 0 Å². The standard InChI is InChI=1S/C24H22Br2O3S/c1-3-5-23-20(26)14-24(30-23)21(27)10-8-16-9-11-22(28-2)17(12-16)15-29-19-7-4-6-18(25)13-19/h4,6-14H,3,5,15H2,1-2H3/b10-8+. The summed E-state index contributed by atoms with van der Waals surface area (Å²) < 4.78 is 13.3. The lowest BCUT2D eigenvalue weighted by Crippen LogP contribution is -1.99. The van der Waals surface area contributed by atoms with Crippen LogP contribution in [0.2, 0.25) is 0 Å². The van der Waals surface area contributed by atoms with Crippen LogP contribution in [0.3, 0.4) is 0 Å². The summed E-state index contributed by atoms with van der Waals surface area (Å²) in [5.41, 5.74) is 1.83. The van der Waals surface area contributed by atoms with Crippen molar-refractivity contribution in [1.29, 1.82) is 0 Å². The van der Waals surface area contributed by atoms with Crippen molar-refractivity contribution in [2.45, 2.75) is 26.4 Å². The van der Waals surface area contributed by atoms with Gasteiger partial charge in [0, 0.05) is 19.4 Å². The second-order valence-electron chi connectivity index (χ2n) is 6.65. The van der Waals surface area contributed by atoms with Crippen LogP contribution >= 0.6 is 43.2 Å². The van der Waals surface area contributed by atoms with E-state index in [4.69, 9.17) is 9.47 Å². The number of thiophene rings is 1. The minimum absolute atomic E-state index is 0.00538. The zero-order valence-electron chi connectivity index (χ0n) is 16.8. The first-order chi connectivity index (χ1) is 14.5. The Hall–Kier alpha value is -1.89. The Morgan fingerprint density at radius 3 is 2.70 bits per heavy atom. The molecule has 0 atom stereocenters. The van der Waals surface area contributed by atoms with Gasteiger partial charge < -0.3 is 9.47 Å². The van der Waals surface area contributed by atoms with E-state index in [0.29, 0.717) is 6.61 Å². The lowest BCUT2D eigenvalue weighted by atomic mass is 10.1. The molecule has 1 aromatic heterocycles. The van der Waals surface area contributed by atoms with Gasteiger partial charge >= 0.3 is 0 Å².